The van der Waals surface area contributed by atoms with Crippen LogP contribution in [-0.2, 0) is 11.3 Å². The van der Waals surface area contributed by atoms with Gasteiger partial charge in [0.2, 0.25) is 0 Å². The van der Waals surface area contributed by atoms with Gasteiger partial charge in [0.15, 0.2) is 0 Å². The van der Waals surface area contributed by atoms with Crippen molar-refractivity contribution < 1.29 is 4.74 Å². The molecule has 3 nitrogen and oxygen atoms in total. The van der Waals surface area contributed by atoms with E-state index in [0.717, 1.165) is 18.8 Å². The van der Waals surface area contributed by atoms with E-state index in [1.54, 1.807) is 11.3 Å². The highest BCUT2D eigenvalue weighted by molar-refractivity contribution is 7.07. The lowest BCUT2D eigenvalue weighted by atomic mass is 9.97. The fourth-order valence-electron chi connectivity index (χ4n) is 2.27. The summed E-state index contributed by atoms with van der Waals surface area (Å²) in [5.74, 6) is 1.36. The molecule has 2 rings (SSSR count). The van der Waals surface area contributed by atoms with E-state index in [1.807, 2.05) is 10.9 Å². The van der Waals surface area contributed by atoms with Gasteiger partial charge in [0.25, 0.3) is 0 Å². The molecule has 2 N–H and O–H groups in total. The number of nitrogens with two attached hydrogens (primary N) is 1. The molecule has 1 saturated carbocycles. The minimum atomic E-state index is 0.650. The molecule has 1 aromatic rings. The zero-order valence-corrected chi connectivity index (χ0v) is 9.71. The Morgan fingerprint density at radius 1 is 1.47 bits per heavy atom. The largest absolute Gasteiger partial charge is 0.375 e. The molecule has 0 saturated heterocycles. The first-order valence-electron chi connectivity index (χ1n) is 5.55. The van der Waals surface area contributed by atoms with Gasteiger partial charge in [-0.15, -0.1) is 11.3 Å². The molecule has 2 atom stereocenters. The number of hydrogen-bond acceptors (Lipinski definition) is 4. The summed E-state index contributed by atoms with van der Waals surface area (Å²) in [7, 11) is 0. The molecule has 0 amide bonds. The van der Waals surface area contributed by atoms with Crippen LogP contribution in [0, 0.1) is 11.8 Å². The third-order valence-corrected chi connectivity index (χ3v) is 3.82. The summed E-state index contributed by atoms with van der Waals surface area (Å²) in [6.07, 6.45) is 3.87. The smallest absolute Gasteiger partial charge is 0.0896 e. The van der Waals surface area contributed by atoms with E-state index in [0.29, 0.717) is 18.4 Å². The normalized spacial score (nSPS) is 25.9. The van der Waals surface area contributed by atoms with Gasteiger partial charge in [-0.05, 0) is 31.2 Å². The minimum absolute atomic E-state index is 0.650. The van der Waals surface area contributed by atoms with Gasteiger partial charge in [0, 0.05) is 5.38 Å². The highest BCUT2D eigenvalue weighted by Crippen LogP contribution is 2.31. The molecule has 0 aliphatic heterocycles. The zero-order valence-electron chi connectivity index (χ0n) is 8.89. The standard InChI is InChI=1S/C11H18N2OS/c12-4-9-2-1-3-10(9)5-14-6-11-7-15-8-13-11/h7-10H,1-6,12H2. The maximum absolute atomic E-state index is 5.72. The van der Waals surface area contributed by atoms with Crippen LogP contribution >= 0.6 is 11.3 Å². The molecule has 4 heteroatoms. The Hall–Kier alpha value is -0.450. The van der Waals surface area contributed by atoms with Crippen LogP contribution in [0.4, 0.5) is 0 Å². The Kier molecular flexibility index (Phi) is 4.11. The highest BCUT2D eigenvalue weighted by atomic mass is 32.1. The fraction of sp³-hybridized carbons (Fsp3) is 0.727. The summed E-state index contributed by atoms with van der Waals surface area (Å²) in [5.41, 5.74) is 8.61. The van der Waals surface area contributed by atoms with Crippen molar-refractivity contribution in [3.63, 3.8) is 0 Å². The maximum atomic E-state index is 5.72. The van der Waals surface area contributed by atoms with E-state index in [-0.39, 0.29) is 0 Å². The van der Waals surface area contributed by atoms with E-state index in [1.165, 1.54) is 19.3 Å². The lowest BCUT2D eigenvalue weighted by molar-refractivity contribution is 0.0737. The Morgan fingerprint density at radius 3 is 3.07 bits per heavy atom. The summed E-state index contributed by atoms with van der Waals surface area (Å²) in [6.45, 7) is 2.31. The van der Waals surface area contributed by atoms with E-state index in [2.05, 4.69) is 4.98 Å². The molecule has 1 aromatic heterocycles. The molecule has 0 radical (unpaired) electrons. The summed E-state index contributed by atoms with van der Waals surface area (Å²) < 4.78 is 5.68. The monoisotopic (exact) mass is 226 g/mol. The molecule has 2 unspecified atom stereocenters. The predicted octanol–water partition coefficient (Wildman–Crippen LogP) is 2.03. The third kappa shape index (κ3) is 3.00. The summed E-state index contributed by atoms with van der Waals surface area (Å²) in [4.78, 5) is 4.19. The average molecular weight is 226 g/mol. The molecule has 84 valence electrons. The average Bonchev–Trinajstić information content (AvgIpc) is 2.88. The van der Waals surface area contributed by atoms with Crippen LogP contribution in [0.25, 0.3) is 0 Å². The first-order chi connectivity index (χ1) is 7.40. The molecule has 1 heterocycles. The summed E-state index contributed by atoms with van der Waals surface area (Å²) in [5, 5.41) is 2.04. The van der Waals surface area contributed by atoms with Crippen LogP contribution in [0.1, 0.15) is 25.0 Å². The Labute approximate surface area is 94.7 Å². The molecule has 15 heavy (non-hydrogen) atoms. The molecule has 1 aliphatic carbocycles. The molecular formula is C11H18N2OS. The van der Waals surface area contributed by atoms with Crippen LogP contribution in [0.5, 0.6) is 0 Å². The van der Waals surface area contributed by atoms with Crippen molar-refractivity contribution in [2.75, 3.05) is 13.2 Å². The quantitative estimate of drug-likeness (QED) is 0.835. The SMILES string of the molecule is NCC1CCCC1COCc1cscn1. The van der Waals surface area contributed by atoms with Gasteiger partial charge in [-0.25, -0.2) is 4.98 Å². The number of rotatable bonds is 5. The lowest BCUT2D eigenvalue weighted by Crippen LogP contribution is -2.22. The molecular weight excluding hydrogens is 208 g/mol. The van der Waals surface area contributed by atoms with Crippen LogP contribution in [0.3, 0.4) is 0 Å². The Bertz CT molecular complexity index is 276. The van der Waals surface area contributed by atoms with Crippen LogP contribution < -0.4 is 5.73 Å². The van der Waals surface area contributed by atoms with E-state index < -0.39 is 0 Å². The molecule has 1 fully saturated rings. The van der Waals surface area contributed by atoms with Crippen LogP contribution in [0.2, 0.25) is 0 Å². The van der Waals surface area contributed by atoms with Crippen molar-refractivity contribution in [3.8, 4) is 0 Å². The predicted molar refractivity (Wildman–Crippen MR) is 61.7 cm³/mol. The van der Waals surface area contributed by atoms with Crippen molar-refractivity contribution in [1.29, 1.82) is 0 Å². The summed E-state index contributed by atoms with van der Waals surface area (Å²) >= 11 is 1.62. The number of nitrogens with zero attached hydrogens (tertiary/aromatic N) is 1. The van der Waals surface area contributed by atoms with Crippen molar-refractivity contribution in [2.24, 2.45) is 17.6 Å². The van der Waals surface area contributed by atoms with Gasteiger partial charge in [-0.2, -0.15) is 0 Å². The summed E-state index contributed by atoms with van der Waals surface area (Å²) in [6, 6.07) is 0. The van der Waals surface area contributed by atoms with Crippen molar-refractivity contribution in [2.45, 2.75) is 25.9 Å². The van der Waals surface area contributed by atoms with E-state index in [9.17, 15) is 0 Å². The van der Waals surface area contributed by atoms with Gasteiger partial charge >= 0.3 is 0 Å². The molecule has 1 aliphatic rings. The van der Waals surface area contributed by atoms with E-state index >= 15 is 0 Å². The minimum Gasteiger partial charge on any atom is -0.375 e. The maximum Gasteiger partial charge on any atom is 0.0896 e. The van der Waals surface area contributed by atoms with Gasteiger partial charge in [0.05, 0.1) is 24.4 Å². The van der Waals surface area contributed by atoms with Gasteiger partial charge in [-0.1, -0.05) is 6.42 Å². The first-order valence-corrected chi connectivity index (χ1v) is 6.49. The number of aromatic nitrogens is 1. The molecule has 0 spiro atoms. The Morgan fingerprint density at radius 2 is 2.33 bits per heavy atom. The number of hydrogen-bond donors (Lipinski definition) is 1. The second-order valence-electron chi connectivity index (χ2n) is 4.18. The number of thiazole rings is 1. The third-order valence-electron chi connectivity index (χ3n) is 3.18. The molecule has 0 bridgehead atoms. The van der Waals surface area contributed by atoms with Crippen LogP contribution in [-0.4, -0.2) is 18.1 Å². The zero-order chi connectivity index (χ0) is 10.5. The second kappa shape index (κ2) is 5.58. The Balaban J connectivity index is 1.69. The molecule has 0 aromatic carbocycles. The topological polar surface area (TPSA) is 48.1 Å². The number of ether oxygens (including phenoxy) is 1. The van der Waals surface area contributed by atoms with Crippen molar-refractivity contribution >= 4 is 11.3 Å². The fourth-order valence-corrected chi connectivity index (χ4v) is 2.81. The lowest BCUT2D eigenvalue weighted by Gasteiger charge is -2.17. The van der Waals surface area contributed by atoms with Gasteiger partial charge in [-0.3, -0.25) is 0 Å². The van der Waals surface area contributed by atoms with E-state index in [4.69, 9.17) is 10.5 Å². The first kappa shape index (κ1) is 11.0. The van der Waals surface area contributed by atoms with Gasteiger partial charge < -0.3 is 10.5 Å². The highest BCUT2D eigenvalue weighted by Gasteiger charge is 2.25. The second-order valence-corrected chi connectivity index (χ2v) is 4.90. The van der Waals surface area contributed by atoms with Crippen LogP contribution in [0.15, 0.2) is 10.9 Å². The van der Waals surface area contributed by atoms with Crippen molar-refractivity contribution in [3.05, 3.63) is 16.6 Å². The van der Waals surface area contributed by atoms with Crippen molar-refractivity contribution in [1.82, 2.24) is 4.98 Å². The van der Waals surface area contributed by atoms with Gasteiger partial charge in [0.1, 0.15) is 0 Å².